The topological polar surface area (TPSA) is 55.1 Å². The third-order valence-electron chi connectivity index (χ3n) is 3.92. The zero-order valence-corrected chi connectivity index (χ0v) is 11.4. The highest BCUT2D eigenvalue weighted by Gasteiger charge is 2.25. The lowest BCUT2D eigenvalue weighted by Crippen LogP contribution is -2.45. The maximum Gasteiger partial charge on any atom is 0.224 e. The Bertz CT molecular complexity index is 479. The Hall–Kier alpha value is -1.49. The molecule has 3 N–H and O–H groups in total. The predicted octanol–water partition coefficient (Wildman–Crippen LogP) is 2.14. The molecule has 1 fully saturated rings. The molecule has 20 heavy (non-hydrogen) atoms. The molecule has 0 aliphatic heterocycles. The molecule has 1 aliphatic carbocycles. The summed E-state index contributed by atoms with van der Waals surface area (Å²) in [7, 11) is 0. The van der Waals surface area contributed by atoms with E-state index < -0.39 is 11.6 Å². The smallest absolute Gasteiger partial charge is 0.224 e. The summed E-state index contributed by atoms with van der Waals surface area (Å²) < 4.78 is 26.3. The summed E-state index contributed by atoms with van der Waals surface area (Å²) in [5.74, 6) is -1.26. The van der Waals surface area contributed by atoms with Gasteiger partial charge in [-0.05, 0) is 36.9 Å². The van der Waals surface area contributed by atoms with Crippen LogP contribution in [0.1, 0.15) is 31.2 Å². The molecule has 0 bridgehead atoms. The van der Waals surface area contributed by atoms with Crippen molar-refractivity contribution in [2.24, 2.45) is 11.7 Å². The SMILES string of the molecule is NCC1CCCCC1NC(=O)Cc1ccc(F)cc1F. The molecule has 2 unspecified atom stereocenters. The number of carbonyl (C=O) groups is 1. The number of nitrogens with two attached hydrogens (primary N) is 1. The first kappa shape index (κ1) is 14.9. The van der Waals surface area contributed by atoms with E-state index in [4.69, 9.17) is 5.73 Å². The van der Waals surface area contributed by atoms with Crippen LogP contribution in [0.2, 0.25) is 0 Å². The molecule has 3 nitrogen and oxygen atoms in total. The first-order chi connectivity index (χ1) is 9.60. The minimum Gasteiger partial charge on any atom is -0.353 e. The average Bonchev–Trinajstić information content (AvgIpc) is 2.42. The maximum absolute atomic E-state index is 13.5. The monoisotopic (exact) mass is 282 g/mol. The van der Waals surface area contributed by atoms with E-state index in [1.165, 1.54) is 6.07 Å². The number of amides is 1. The number of nitrogens with one attached hydrogen (secondary N) is 1. The van der Waals surface area contributed by atoms with Gasteiger partial charge in [0.25, 0.3) is 0 Å². The second-order valence-electron chi connectivity index (χ2n) is 5.37. The maximum atomic E-state index is 13.5. The van der Waals surface area contributed by atoms with E-state index in [0.29, 0.717) is 12.5 Å². The molecule has 1 amide bonds. The van der Waals surface area contributed by atoms with Crippen molar-refractivity contribution in [1.29, 1.82) is 0 Å². The summed E-state index contributed by atoms with van der Waals surface area (Å²) in [6.07, 6.45) is 4.08. The lowest BCUT2D eigenvalue weighted by molar-refractivity contribution is -0.121. The Morgan fingerprint density at radius 2 is 2.05 bits per heavy atom. The summed E-state index contributed by atoms with van der Waals surface area (Å²) in [6, 6.07) is 3.34. The Morgan fingerprint density at radius 3 is 2.75 bits per heavy atom. The molecule has 1 aliphatic rings. The number of halogens is 2. The van der Waals surface area contributed by atoms with Gasteiger partial charge in [0.2, 0.25) is 5.91 Å². The third-order valence-corrected chi connectivity index (χ3v) is 3.92. The highest BCUT2D eigenvalue weighted by Crippen LogP contribution is 2.23. The number of rotatable bonds is 4. The van der Waals surface area contributed by atoms with Crippen molar-refractivity contribution in [1.82, 2.24) is 5.32 Å². The van der Waals surface area contributed by atoms with Crippen molar-refractivity contribution in [3.05, 3.63) is 35.4 Å². The van der Waals surface area contributed by atoms with Gasteiger partial charge in [0.1, 0.15) is 11.6 Å². The lowest BCUT2D eigenvalue weighted by atomic mass is 9.84. The van der Waals surface area contributed by atoms with Crippen LogP contribution in [0.25, 0.3) is 0 Å². The molecule has 2 atom stereocenters. The first-order valence-corrected chi connectivity index (χ1v) is 7.03. The Balaban J connectivity index is 1.94. The molecule has 5 heteroatoms. The van der Waals surface area contributed by atoms with Crippen LogP contribution in [0, 0.1) is 17.6 Å². The highest BCUT2D eigenvalue weighted by atomic mass is 19.1. The summed E-state index contributed by atoms with van der Waals surface area (Å²) in [5.41, 5.74) is 5.92. The Kier molecular flexibility index (Phi) is 5.06. The molecule has 0 radical (unpaired) electrons. The van der Waals surface area contributed by atoms with E-state index in [1.807, 2.05) is 0 Å². The van der Waals surface area contributed by atoms with E-state index in [2.05, 4.69) is 5.32 Å². The van der Waals surface area contributed by atoms with Crippen LogP contribution < -0.4 is 11.1 Å². The summed E-state index contributed by atoms with van der Waals surface area (Å²) in [6.45, 7) is 0.551. The Morgan fingerprint density at radius 1 is 1.30 bits per heavy atom. The van der Waals surface area contributed by atoms with Crippen LogP contribution in [-0.4, -0.2) is 18.5 Å². The Labute approximate surface area is 117 Å². The van der Waals surface area contributed by atoms with Gasteiger partial charge < -0.3 is 11.1 Å². The zero-order chi connectivity index (χ0) is 14.5. The van der Waals surface area contributed by atoms with Crippen molar-refractivity contribution < 1.29 is 13.6 Å². The molecule has 110 valence electrons. The van der Waals surface area contributed by atoms with Crippen LogP contribution >= 0.6 is 0 Å². The standard InChI is InChI=1S/C15H20F2N2O/c16-12-6-5-10(13(17)8-12)7-15(20)19-14-4-2-1-3-11(14)9-18/h5-6,8,11,14H,1-4,7,9,18H2,(H,19,20). The summed E-state index contributed by atoms with van der Waals surface area (Å²) in [5, 5.41) is 2.93. The van der Waals surface area contributed by atoms with E-state index in [9.17, 15) is 13.6 Å². The van der Waals surface area contributed by atoms with Gasteiger partial charge in [-0.1, -0.05) is 18.9 Å². The molecule has 0 heterocycles. The second-order valence-corrected chi connectivity index (χ2v) is 5.37. The number of hydrogen-bond acceptors (Lipinski definition) is 2. The van der Waals surface area contributed by atoms with E-state index >= 15 is 0 Å². The lowest BCUT2D eigenvalue weighted by Gasteiger charge is -2.31. The molecule has 1 aromatic rings. The van der Waals surface area contributed by atoms with Gasteiger partial charge in [0, 0.05) is 12.1 Å². The number of benzene rings is 1. The van der Waals surface area contributed by atoms with Gasteiger partial charge in [-0.2, -0.15) is 0 Å². The minimum absolute atomic E-state index is 0.0695. The van der Waals surface area contributed by atoms with Crippen LogP contribution in [0.15, 0.2) is 18.2 Å². The van der Waals surface area contributed by atoms with E-state index in [0.717, 1.165) is 37.8 Å². The molecule has 1 aromatic carbocycles. The molecule has 0 aromatic heterocycles. The van der Waals surface area contributed by atoms with Gasteiger partial charge in [-0.25, -0.2) is 8.78 Å². The fourth-order valence-electron chi connectivity index (χ4n) is 2.78. The normalized spacial score (nSPS) is 22.6. The number of hydrogen-bond donors (Lipinski definition) is 2. The molecular formula is C15H20F2N2O. The van der Waals surface area contributed by atoms with Crippen LogP contribution in [0.4, 0.5) is 8.78 Å². The zero-order valence-electron chi connectivity index (χ0n) is 11.4. The van der Waals surface area contributed by atoms with Crippen molar-refractivity contribution in [2.45, 2.75) is 38.1 Å². The summed E-state index contributed by atoms with van der Waals surface area (Å²) in [4.78, 5) is 12.0. The van der Waals surface area contributed by atoms with Crippen molar-refractivity contribution in [3.63, 3.8) is 0 Å². The predicted molar refractivity (Wildman–Crippen MR) is 73.0 cm³/mol. The van der Waals surface area contributed by atoms with Crippen molar-refractivity contribution >= 4 is 5.91 Å². The fraction of sp³-hybridized carbons (Fsp3) is 0.533. The molecule has 2 rings (SSSR count). The third kappa shape index (κ3) is 3.76. The van der Waals surface area contributed by atoms with E-state index in [-0.39, 0.29) is 23.9 Å². The van der Waals surface area contributed by atoms with Crippen LogP contribution in [-0.2, 0) is 11.2 Å². The van der Waals surface area contributed by atoms with Crippen LogP contribution in [0.5, 0.6) is 0 Å². The molecule has 0 spiro atoms. The van der Waals surface area contributed by atoms with E-state index in [1.54, 1.807) is 0 Å². The second kappa shape index (κ2) is 6.79. The van der Waals surface area contributed by atoms with Gasteiger partial charge in [0.15, 0.2) is 0 Å². The minimum atomic E-state index is -0.681. The highest BCUT2D eigenvalue weighted by molar-refractivity contribution is 5.79. The average molecular weight is 282 g/mol. The molecule has 1 saturated carbocycles. The van der Waals surface area contributed by atoms with Crippen molar-refractivity contribution in [2.75, 3.05) is 6.54 Å². The van der Waals surface area contributed by atoms with Gasteiger partial charge in [-0.15, -0.1) is 0 Å². The van der Waals surface area contributed by atoms with Gasteiger partial charge in [0.05, 0.1) is 6.42 Å². The van der Waals surface area contributed by atoms with Gasteiger partial charge in [-0.3, -0.25) is 4.79 Å². The van der Waals surface area contributed by atoms with Crippen molar-refractivity contribution in [3.8, 4) is 0 Å². The summed E-state index contributed by atoms with van der Waals surface area (Å²) >= 11 is 0. The molecule has 0 saturated heterocycles. The largest absolute Gasteiger partial charge is 0.353 e. The van der Waals surface area contributed by atoms with Crippen LogP contribution in [0.3, 0.4) is 0 Å². The quantitative estimate of drug-likeness (QED) is 0.889. The molecular weight excluding hydrogens is 262 g/mol. The fourth-order valence-corrected chi connectivity index (χ4v) is 2.78. The first-order valence-electron chi connectivity index (χ1n) is 7.03. The number of carbonyl (C=O) groups excluding carboxylic acids is 1. The van der Waals surface area contributed by atoms with Gasteiger partial charge >= 0.3 is 0 Å².